The van der Waals surface area contributed by atoms with Gasteiger partial charge in [0.25, 0.3) is 11.8 Å². The van der Waals surface area contributed by atoms with Gasteiger partial charge in [0.1, 0.15) is 24.7 Å². The van der Waals surface area contributed by atoms with Crippen LogP contribution in [0.3, 0.4) is 0 Å². The maximum Gasteiger partial charge on any atom is 0.490 e. The van der Waals surface area contributed by atoms with Crippen molar-refractivity contribution in [1.82, 2.24) is 20.6 Å². The third-order valence-corrected chi connectivity index (χ3v) is 9.09. The Bertz CT molecular complexity index is 2420. The van der Waals surface area contributed by atoms with Crippen LogP contribution in [-0.4, -0.2) is 69.4 Å². The first-order valence-electron chi connectivity index (χ1n) is 17.5. The zero-order valence-electron chi connectivity index (χ0n) is 31.7. The van der Waals surface area contributed by atoms with Crippen LogP contribution in [0, 0.1) is 0 Å². The van der Waals surface area contributed by atoms with Crippen LogP contribution >= 0.6 is 22.7 Å². The minimum absolute atomic E-state index is 0.230. The molecule has 0 aliphatic heterocycles. The van der Waals surface area contributed by atoms with Gasteiger partial charge in [-0.25, -0.2) is 19.6 Å². The summed E-state index contributed by atoms with van der Waals surface area (Å²) in [7, 11) is 0. The molecule has 0 aliphatic rings. The Balaban J connectivity index is 0.000000521. The third-order valence-electron chi connectivity index (χ3n) is 7.74. The molecule has 0 bridgehead atoms. The van der Waals surface area contributed by atoms with Crippen molar-refractivity contribution in [3.8, 4) is 34.0 Å². The van der Waals surface area contributed by atoms with E-state index in [0.29, 0.717) is 46.1 Å². The zero-order valence-corrected chi connectivity index (χ0v) is 33.3. The minimum atomic E-state index is -5.08. The van der Waals surface area contributed by atoms with Gasteiger partial charge >= 0.3 is 24.3 Å². The summed E-state index contributed by atoms with van der Waals surface area (Å²) in [5.41, 5.74) is 17.7. The summed E-state index contributed by atoms with van der Waals surface area (Å²) in [6.07, 6.45) is -10.2. The largest absolute Gasteiger partial charge is 0.490 e. The lowest BCUT2D eigenvalue weighted by molar-refractivity contribution is -0.193. The molecule has 0 spiro atoms. The summed E-state index contributed by atoms with van der Waals surface area (Å²) < 4.78 is 75.4. The van der Waals surface area contributed by atoms with Gasteiger partial charge in [-0.2, -0.15) is 26.3 Å². The van der Waals surface area contributed by atoms with E-state index in [-0.39, 0.29) is 24.9 Å². The fourth-order valence-corrected chi connectivity index (χ4v) is 5.93. The van der Waals surface area contributed by atoms with Gasteiger partial charge in [-0.1, -0.05) is 36.4 Å². The number of nitrogens with two attached hydrogens (primary N) is 2. The second-order valence-electron chi connectivity index (χ2n) is 12.3. The number of aromatic nitrogens is 2. The normalized spacial score (nSPS) is 10.9. The van der Waals surface area contributed by atoms with Crippen LogP contribution < -0.4 is 31.6 Å². The molecule has 6 rings (SSSR count). The van der Waals surface area contributed by atoms with Crippen LogP contribution in [0.25, 0.3) is 22.5 Å². The first kappa shape index (κ1) is 47.5. The molecule has 62 heavy (non-hydrogen) atoms. The summed E-state index contributed by atoms with van der Waals surface area (Å²) in [4.78, 5) is 51.9. The molecule has 0 atom stereocenters. The number of anilines is 2. The average Bonchev–Trinajstić information content (AvgIpc) is 3.88. The van der Waals surface area contributed by atoms with Crippen LogP contribution in [0.1, 0.15) is 31.8 Å². The number of carbonyl (C=O) groups is 4. The van der Waals surface area contributed by atoms with E-state index in [4.69, 9.17) is 40.7 Å². The molecule has 2 aromatic heterocycles. The molecule has 2 heterocycles. The van der Waals surface area contributed by atoms with E-state index >= 15 is 0 Å². The summed E-state index contributed by atoms with van der Waals surface area (Å²) in [6.45, 7) is 1.19. The van der Waals surface area contributed by atoms with Crippen LogP contribution in [0.2, 0.25) is 0 Å². The van der Waals surface area contributed by atoms with Gasteiger partial charge in [0.2, 0.25) is 0 Å². The fraction of sp³-hybridized carbons (Fsp3) is 0.150. The van der Waals surface area contributed by atoms with Crippen molar-refractivity contribution in [3.05, 3.63) is 130 Å². The molecule has 326 valence electrons. The van der Waals surface area contributed by atoms with E-state index in [1.54, 1.807) is 24.3 Å². The van der Waals surface area contributed by atoms with Crippen molar-refractivity contribution >= 4 is 56.7 Å². The highest BCUT2D eigenvalue weighted by atomic mass is 32.1. The molecular formula is C40H34F6N6O8S2. The van der Waals surface area contributed by atoms with Crippen LogP contribution in [0.5, 0.6) is 11.5 Å². The first-order valence-corrected chi connectivity index (χ1v) is 19.3. The first-order chi connectivity index (χ1) is 29.3. The Morgan fingerprint density at radius 2 is 1.13 bits per heavy atom. The van der Waals surface area contributed by atoms with Gasteiger partial charge in [0, 0.05) is 46.1 Å². The Hall–Kier alpha value is -7.20. The van der Waals surface area contributed by atoms with Crippen molar-refractivity contribution in [2.45, 2.75) is 25.6 Å². The number of aliphatic carboxylic acids is 2. The monoisotopic (exact) mass is 904 g/mol. The number of amides is 2. The highest BCUT2D eigenvalue weighted by Gasteiger charge is 2.38. The number of halogens is 6. The number of nitrogens with one attached hydrogen (secondary N) is 2. The maximum atomic E-state index is 12.8. The molecule has 2 amide bonds. The lowest BCUT2D eigenvalue weighted by atomic mass is 10.1. The number of para-hydroxylation sites is 1. The zero-order chi connectivity index (χ0) is 45.5. The van der Waals surface area contributed by atoms with Crippen molar-refractivity contribution < 1.29 is 65.2 Å². The number of alkyl halides is 6. The Labute approximate surface area is 355 Å². The molecule has 0 saturated carbocycles. The number of hydrogen-bond donors (Lipinski definition) is 6. The SMILES string of the molecule is Nc1nc(-c2ccc(OCc3cccc(C(=O)NCCNC(=O)c4ccc(COc5ccccc5-c5csc(N)n5)cc4)c3)cc2)cs1.O=C(O)C(F)(F)F.O=C(O)C(F)(F)F. The van der Waals surface area contributed by atoms with E-state index < -0.39 is 24.3 Å². The standard InChI is InChI=1S/C36H32N6O4S2.2C2HF3O2/c37-35-41-30(21-47-35)25-12-14-28(15-13-25)45-20-24-4-3-5-27(18-24)34(44)40-17-16-39-33(43)26-10-8-23(9-11-26)19-46-32-7-2-1-6-29(32)31-22-48-36(38)42-31;2*3-2(4,5)1(6)7/h1-15,18,21-22H,16-17,19-20H2,(H2,37,41)(H2,38,42)(H,39,43)(H,40,44);2*(H,6,7). The fourth-order valence-electron chi connectivity index (χ4n) is 4.80. The Morgan fingerprint density at radius 3 is 1.66 bits per heavy atom. The Kier molecular flexibility index (Phi) is 16.8. The van der Waals surface area contributed by atoms with E-state index in [0.717, 1.165) is 33.6 Å². The quantitative estimate of drug-likeness (QED) is 0.0484. The number of thiazole rings is 2. The molecule has 0 fully saturated rings. The molecule has 0 radical (unpaired) electrons. The topological polar surface area (TPSA) is 229 Å². The second-order valence-corrected chi connectivity index (χ2v) is 14.0. The molecule has 4 aromatic carbocycles. The predicted molar refractivity (Wildman–Crippen MR) is 218 cm³/mol. The third kappa shape index (κ3) is 15.1. The molecule has 0 unspecified atom stereocenters. The molecule has 0 aliphatic carbocycles. The molecular weight excluding hydrogens is 871 g/mol. The summed E-state index contributed by atoms with van der Waals surface area (Å²) >= 11 is 2.78. The van der Waals surface area contributed by atoms with Crippen molar-refractivity contribution in [1.29, 1.82) is 0 Å². The van der Waals surface area contributed by atoms with Crippen molar-refractivity contribution in [2.75, 3.05) is 24.6 Å². The average molecular weight is 905 g/mol. The molecule has 0 saturated heterocycles. The van der Waals surface area contributed by atoms with E-state index in [1.807, 2.05) is 83.6 Å². The number of benzene rings is 4. The van der Waals surface area contributed by atoms with E-state index in [1.165, 1.54) is 22.7 Å². The molecule has 14 nitrogen and oxygen atoms in total. The highest BCUT2D eigenvalue weighted by Crippen LogP contribution is 2.32. The number of carbonyl (C=O) groups excluding carboxylic acids is 2. The maximum absolute atomic E-state index is 12.8. The van der Waals surface area contributed by atoms with Crippen molar-refractivity contribution in [3.63, 3.8) is 0 Å². The van der Waals surface area contributed by atoms with Gasteiger partial charge in [-0.15, -0.1) is 22.7 Å². The minimum Gasteiger partial charge on any atom is -0.489 e. The van der Waals surface area contributed by atoms with Crippen molar-refractivity contribution in [2.24, 2.45) is 0 Å². The summed E-state index contributed by atoms with van der Waals surface area (Å²) in [5.74, 6) is -4.57. The smallest absolute Gasteiger partial charge is 0.489 e. The van der Waals surface area contributed by atoms with E-state index in [9.17, 15) is 35.9 Å². The van der Waals surface area contributed by atoms with Gasteiger partial charge < -0.3 is 41.8 Å². The number of rotatable bonds is 13. The van der Waals surface area contributed by atoms with Gasteiger partial charge in [0.05, 0.1) is 11.4 Å². The lowest BCUT2D eigenvalue weighted by Crippen LogP contribution is -2.34. The van der Waals surface area contributed by atoms with E-state index in [2.05, 4.69) is 20.6 Å². The number of ether oxygens (including phenoxy) is 2. The lowest BCUT2D eigenvalue weighted by Gasteiger charge is -2.11. The Morgan fingerprint density at radius 1 is 0.613 bits per heavy atom. The van der Waals surface area contributed by atoms with Gasteiger partial charge in [0.15, 0.2) is 10.3 Å². The second kappa shape index (κ2) is 21.9. The molecule has 8 N–H and O–H groups in total. The summed E-state index contributed by atoms with van der Waals surface area (Å²) in [5, 5.41) is 24.8. The highest BCUT2D eigenvalue weighted by molar-refractivity contribution is 7.14. The number of carboxylic acids is 2. The van der Waals surface area contributed by atoms with Gasteiger partial charge in [-0.05, 0) is 71.8 Å². The number of nitrogens with zero attached hydrogens (tertiary/aromatic N) is 2. The predicted octanol–water partition coefficient (Wildman–Crippen LogP) is 7.68. The number of carboxylic acid groups (broad SMARTS) is 2. The number of hydrogen-bond acceptors (Lipinski definition) is 12. The molecule has 22 heteroatoms. The van der Waals surface area contributed by atoms with Crippen LogP contribution in [-0.2, 0) is 22.8 Å². The molecule has 6 aromatic rings. The van der Waals surface area contributed by atoms with Crippen LogP contribution in [0.4, 0.5) is 36.6 Å². The van der Waals surface area contributed by atoms with Gasteiger partial charge in [-0.3, -0.25) is 9.59 Å². The van der Waals surface area contributed by atoms with Crippen LogP contribution in [0.15, 0.2) is 108 Å². The number of nitrogen functional groups attached to an aromatic ring is 2. The summed E-state index contributed by atoms with van der Waals surface area (Å²) in [6, 6.07) is 29.7.